The van der Waals surface area contributed by atoms with E-state index in [1.54, 1.807) is 7.05 Å². The number of piperazine rings is 1. The van der Waals surface area contributed by atoms with Gasteiger partial charge in [-0.2, -0.15) is 0 Å². The lowest BCUT2D eigenvalue weighted by Gasteiger charge is -2.34. The molecule has 2 rings (SSSR count). The first-order chi connectivity index (χ1) is 11.2. The van der Waals surface area contributed by atoms with Gasteiger partial charge in [-0.1, -0.05) is 30.3 Å². The summed E-state index contributed by atoms with van der Waals surface area (Å²) in [6.45, 7) is 4.82. The van der Waals surface area contributed by atoms with Crippen LogP contribution < -0.4 is 10.6 Å². The Labute approximate surface area is 137 Å². The van der Waals surface area contributed by atoms with Gasteiger partial charge in [-0.05, 0) is 12.6 Å². The molecule has 126 valence electrons. The SMILES string of the molecule is CNCCC(=O)NCC(=O)N1CCN(Cc2ccccc2)CC1. The highest BCUT2D eigenvalue weighted by Crippen LogP contribution is 2.08. The van der Waals surface area contributed by atoms with Crippen LogP contribution in [0.2, 0.25) is 0 Å². The number of benzene rings is 1. The number of nitrogens with one attached hydrogen (secondary N) is 2. The highest BCUT2D eigenvalue weighted by atomic mass is 16.2. The van der Waals surface area contributed by atoms with Gasteiger partial charge in [0.15, 0.2) is 0 Å². The Morgan fingerprint density at radius 2 is 1.78 bits per heavy atom. The van der Waals surface area contributed by atoms with E-state index < -0.39 is 0 Å². The van der Waals surface area contributed by atoms with Crippen molar-refractivity contribution in [2.75, 3.05) is 46.3 Å². The average molecular weight is 318 g/mol. The lowest BCUT2D eigenvalue weighted by molar-refractivity contribution is -0.134. The molecule has 1 fully saturated rings. The Balaban J connectivity index is 1.67. The Kier molecular flexibility index (Phi) is 7.03. The summed E-state index contributed by atoms with van der Waals surface area (Å²) in [6.07, 6.45) is 0.397. The van der Waals surface area contributed by atoms with Crippen LogP contribution in [0.15, 0.2) is 30.3 Å². The van der Waals surface area contributed by atoms with Crippen molar-refractivity contribution in [3.05, 3.63) is 35.9 Å². The third-order valence-electron chi connectivity index (χ3n) is 4.01. The molecule has 0 bridgehead atoms. The van der Waals surface area contributed by atoms with Crippen LogP contribution in [-0.4, -0.2) is 67.9 Å². The van der Waals surface area contributed by atoms with Gasteiger partial charge in [0, 0.05) is 45.7 Å². The topological polar surface area (TPSA) is 64.7 Å². The fraction of sp³-hybridized carbons (Fsp3) is 0.529. The van der Waals surface area contributed by atoms with Crippen LogP contribution in [0, 0.1) is 0 Å². The van der Waals surface area contributed by atoms with Crippen LogP contribution in [0.25, 0.3) is 0 Å². The fourth-order valence-electron chi connectivity index (χ4n) is 2.61. The second-order valence-corrected chi connectivity index (χ2v) is 5.77. The molecule has 0 unspecified atom stereocenters. The molecule has 1 heterocycles. The summed E-state index contributed by atoms with van der Waals surface area (Å²) < 4.78 is 0. The minimum Gasteiger partial charge on any atom is -0.347 e. The van der Waals surface area contributed by atoms with Gasteiger partial charge in [0.05, 0.1) is 6.54 Å². The normalized spacial score (nSPS) is 15.4. The predicted molar refractivity (Wildman–Crippen MR) is 89.9 cm³/mol. The van der Waals surface area contributed by atoms with Crippen molar-refractivity contribution in [1.82, 2.24) is 20.4 Å². The first-order valence-corrected chi connectivity index (χ1v) is 8.14. The van der Waals surface area contributed by atoms with Gasteiger partial charge in [0.2, 0.25) is 11.8 Å². The van der Waals surface area contributed by atoms with E-state index in [2.05, 4.69) is 27.7 Å². The molecule has 2 amide bonds. The summed E-state index contributed by atoms with van der Waals surface area (Å²) in [7, 11) is 1.80. The molecule has 0 atom stereocenters. The second kappa shape index (κ2) is 9.27. The van der Waals surface area contributed by atoms with Crippen molar-refractivity contribution in [3.8, 4) is 0 Å². The minimum atomic E-state index is -0.0876. The Morgan fingerprint density at radius 3 is 2.43 bits per heavy atom. The molecule has 1 aliphatic heterocycles. The van der Waals surface area contributed by atoms with Gasteiger partial charge in [0.1, 0.15) is 0 Å². The van der Waals surface area contributed by atoms with Gasteiger partial charge in [-0.25, -0.2) is 0 Å². The van der Waals surface area contributed by atoms with Crippen LogP contribution in [0.1, 0.15) is 12.0 Å². The number of carbonyl (C=O) groups excluding carboxylic acids is 2. The highest BCUT2D eigenvalue weighted by Gasteiger charge is 2.21. The van der Waals surface area contributed by atoms with E-state index in [9.17, 15) is 9.59 Å². The molecule has 1 aliphatic rings. The quantitative estimate of drug-likeness (QED) is 0.746. The highest BCUT2D eigenvalue weighted by molar-refractivity contribution is 5.84. The number of amides is 2. The number of hydrogen-bond acceptors (Lipinski definition) is 4. The molecule has 1 aromatic carbocycles. The standard InChI is InChI=1S/C17H26N4O2/c1-18-8-7-16(22)19-13-17(23)21-11-9-20(10-12-21)14-15-5-3-2-4-6-15/h2-6,18H,7-14H2,1H3,(H,19,22). The van der Waals surface area contributed by atoms with Crippen molar-refractivity contribution >= 4 is 11.8 Å². The largest absolute Gasteiger partial charge is 0.347 e. The monoisotopic (exact) mass is 318 g/mol. The van der Waals surface area contributed by atoms with Crippen molar-refractivity contribution in [2.45, 2.75) is 13.0 Å². The van der Waals surface area contributed by atoms with Crippen molar-refractivity contribution in [2.24, 2.45) is 0 Å². The second-order valence-electron chi connectivity index (χ2n) is 5.77. The van der Waals surface area contributed by atoms with Crippen LogP contribution in [-0.2, 0) is 16.1 Å². The summed E-state index contributed by atoms with van der Waals surface area (Å²) in [5.74, 6) is -0.0856. The van der Waals surface area contributed by atoms with Crippen molar-refractivity contribution in [1.29, 1.82) is 0 Å². The van der Waals surface area contributed by atoms with Crippen molar-refractivity contribution in [3.63, 3.8) is 0 Å². The van der Waals surface area contributed by atoms with E-state index in [4.69, 9.17) is 0 Å². The van der Waals surface area contributed by atoms with E-state index in [1.807, 2.05) is 23.1 Å². The maximum Gasteiger partial charge on any atom is 0.242 e. The lowest BCUT2D eigenvalue weighted by atomic mass is 10.2. The van der Waals surface area contributed by atoms with Gasteiger partial charge in [0.25, 0.3) is 0 Å². The molecule has 23 heavy (non-hydrogen) atoms. The van der Waals surface area contributed by atoms with Crippen LogP contribution in [0.5, 0.6) is 0 Å². The third-order valence-corrected chi connectivity index (χ3v) is 4.01. The van der Waals surface area contributed by atoms with Crippen LogP contribution >= 0.6 is 0 Å². The van der Waals surface area contributed by atoms with E-state index >= 15 is 0 Å². The number of hydrogen-bond donors (Lipinski definition) is 2. The van der Waals surface area contributed by atoms with Gasteiger partial charge < -0.3 is 15.5 Å². The summed E-state index contributed by atoms with van der Waals surface area (Å²) in [4.78, 5) is 27.8. The molecular weight excluding hydrogens is 292 g/mol. The molecule has 6 nitrogen and oxygen atoms in total. The van der Waals surface area contributed by atoms with Crippen molar-refractivity contribution < 1.29 is 9.59 Å². The summed E-state index contributed by atoms with van der Waals surface area (Å²) in [6, 6.07) is 10.4. The minimum absolute atomic E-state index is 0.00201. The molecule has 0 aliphatic carbocycles. The van der Waals surface area contributed by atoms with Gasteiger partial charge >= 0.3 is 0 Å². The molecule has 1 saturated heterocycles. The van der Waals surface area contributed by atoms with Crippen LogP contribution in [0.4, 0.5) is 0 Å². The zero-order chi connectivity index (χ0) is 16.5. The third kappa shape index (κ3) is 6.00. The fourth-order valence-corrected chi connectivity index (χ4v) is 2.61. The zero-order valence-electron chi connectivity index (χ0n) is 13.8. The van der Waals surface area contributed by atoms with E-state index in [1.165, 1.54) is 5.56 Å². The first-order valence-electron chi connectivity index (χ1n) is 8.14. The smallest absolute Gasteiger partial charge is 0.242 e. The number of nitrogens with zero attached hydrogens (tertiary/aromatic N) is 2. The van der Waals surface area contributed by atoms with Crippen LogP contribution in [0.3, 0.4) is 0 Å². The van der Waals surface area contributed by atoms with E-state index in [-0.39, 0.29) is 18.4 Å². The van der Waals surface area contributed by atoms with Gasteiger partial charge in [-0.3, -0.25) is 14.5 Å². The lowest BCUT2D eigenvalue weighted by Crippen LogP contribution is -2.50. The molecule has 0 saturated carbocycles. The zero-order valence-corrected chi connectivity index (χ0v) is 13.8. The first kappa shape index (κ1) is 17.4. The molecule has 2 N–H and O–H groups in total. The van der Waals surface area contributed by atoms with E-state index in [0.717, 1.165) is 32.7 Å². The molecular formula is C17H26N4O2. The molecule has 0 aromatic heterocycles. The van der Waals surface area contributed by atoms with Gasteiger partial charge in [-0.15, -0.1) is 0 Å². The van der Waals surface area contributed by atoms with E-state index in [0.29, 0.717) is 13.0 Å². The number of rotatable bonds is 7. The summed E-state index contributed by atoms with van der Waals surface area (Å²) in [5, 5.41) is 5.59. The summed E-state index contributed by atoms with van der Waals surface area (Å²) in [5.41, 5.74) is 1.30. The summed E-state index contributed by atoms with van der Waals surface area (Å²) >= 11 is 0. The maximum atomic E-state index is 12.1. The molecule has 0 spiro atoms. The molecule has 1 aromatic rings. The molecule has 6 heteroatoms. The Morgan fingerprint density at radius 1 is 1.09 bits per heavy atom. The molecule has 0 radical (unpaired) electrons. The Bertz CT molecular complexity index is 499. The maximum absolute atomic E-state index is 12.1. The number of carbonyl (C=O) groups is 2. The average Bonchev–Trinajstić information content (AvgIpc) is 2.59. The predicted octanol–water partition coefficient (Wildman–Crippen LogP) is 0.0565. The Hall–Kier alpha value is -1.92.